The van der Waals surface area contributed by atoms with Crippen molar-refractivity contribution in [3.8, 4) is 0 Å². The molecule has 23 heavy (non-hydrogen) atoms. The zero-order chi connectivity index (χ0) is 16.0. The van der Waals surface area contributed by atoms with Crippen molar-refractivity contribution in [3.05, 3.63) is 45.8 Å². The Morgan fingerprint density at radius 1 is 1.22 bits per heavy atom. The fraction of sp³-hybridized carbons (Fsp3) is 0.0769. The molecule has 1 aromatic heterocycles. The second-order valence-corrected chi connectivity index (χ2v) is 6.51. The third-order valence-electron chi connectivity index (χ3n) is 3.27. The average molecular weight is 348 g/mol. The van der Waals surface area contributed by atoms with Crippen LogP contribution in [0.15, 0.2) is 42.9 Å². The first-order chi connectivity index (χ1) is 11.1. The number of thioether (sulfide) groups is 1. The summed E-state index contributed by atoms with van der Waals surface area (Å²) in [6, 6.07) is 6.98. The van der Waals surface area contributed by atoms with Crippen molar-refractivity contribution in [1.29, 1.82) is 0 Å². The molecule has 0 aliphatic carbocycles. The topological polar surface area (TPSA) is 113 Å². The molecule has 1 atom stereocenters. The highest BCUT2D eigenvalue weighted by Crippen LogP contribution is 2.29. The molecule has 0 saturated heterocycles. The molecule has 10 heteroatoms. The molecule has 4 rings (SSSR count). The summed E-state index contributed by atoms with van der Waals surface area (Å²) in [5, 5.41) is 1.08. The lowest BCUT2D eigenvalue weighted by molar-refractivity contribution is 0.100. The van der Waals surface area contributed by atoms with Gasteiger partial charge in [0.1, 0.15) is 22.0 Å². The summed E-state index contributed by atoms with van der Waals surface area (Å²) in [4.78, 5) is 30.4. The molecule has 2 aliphatic heterocycles. The van der Waals surface area contributed by atoms with Gasteiger partial charge in [0, 0.05) is 10.9 Å². The Kier molecular flexibility index (Phi) is 3.36. The van der Waals surface area contributed by atoms with Gasteiger partial charge in [-0.2, -0.15) is 4.40 Å². The van der Waals surface area contributed by atoms with Crippen LogP contribution in [0, 0.1) is 0 Å². The lowest BCUT2D eigenvalue weighted by Crippen LogP contribution is -2.31. The van der Waals surface area contributed by atoms with E-state index in [4.69, 9.17) is 4.42 Å². The molecule has 0 radical (unpaired) electrons. The Hall–Kier alpha value is -2.30. The van der Waals surface area contributed by atoms with Gasteiger partial charge < -0.3 is 4.42 Å². The molecule has 0 spiro atoms. The highest BCUT2D eigenvalue weighted by atomic mass is 32.2. The normalized spacial score (nSPS) is 19.5. The number of carbonyl (C=O) groups excluding carboxylic acids is 1. The fourth-order valence-electron chi connectivity index (χ4n) is 2.32. The Balaban J connectivity index is 1.76. The van der Waals surface area contributed by atoms with Crippen molar-refractivity contribution < 1.29 is 13.4 Å². The maximum Gasteiger partial charge on any atom is 0.350 e. The molecule has 1 aromatic carbocycles. The first kappa shape index (κ1) is 14.3. The molecule has 116 valence electrons. The number of hydrogen-bond donors (Lipinski definition) is 2. The van der Waals surface area contributed by atoms with E-state index in [0.29, 0.717) is 33.2 Å². The van der Waals surface area contributed by atoms with E-state index in [1.165, 1.54) is 11.8 Å². The summed E-state index contributed by atoms with van der Waals surface area (Å²) in [7, 11) is 0. The lowest BCUT2D eigenvalue weighted by Gasteiger charge is -2.05. The summed E-state index contributed by atoms with van der Waals surface area (Å²) in [6.07, 6.45) is 0. The maximum atomic E-state index is 12.0. The SMILES string of the molecule is O=C1N=C(SCC2=NS(=O)NN2)c2c1c(=O)oc1ccccc21. The van der Waals surface area contributed by atoms with Gasteiger partial charge in [-0.1, -0.05) is 30.0 Å². The Bertz CT molecular complexity index is 995. The summed E-state index contributed by atoms with van der Waals surface area (Å²) in [5.74, 6) is 0.202. The number of amidine groups is 1. The summed E-state index contributed by atoms with van der Waals surface area (Å²) in [6.45, 7) is 0. The molecule has 1 amide bonds. The van der Waals surface area contributed by atoms with E-state index in [9.17, 15) is 13.8 Å². The van der Waals surface area contributed by atoms with Crippen LogP contribution in [0.25, 0.3) is 11.0 Å². The van der Waals surface area contributed by atoms with E-state index >= 15 is 0 Å². The van der Waals surface area contributed by atoms with Crippen LogP contribution in [0.5, 0.6) is 0 Å². The number of rotatable bonds is 2. The number of para-hydroxylation sites is 1. The Morgan fingerprint density at radius 3 is 2.83 bits per heavy atom. The van der Waals surface area contributed by atoms with Crippen LogP contribution in [-0.4, -0.2) is 26.7 Å². The van der Waals surface area contributed by atoms with Gasteiger partial charge in [0.05, 0.1) is 5.75 Å². The smallest absolute Gasteiger partial charge is 0.350 e. The van der Waals surface area contributed by atoms with Crippen molar-refractivity contribution in [2.45, 2.75) is 0 Å². The summed E-state index contributed by atoms with van der Waals surface area (Å²) < 4.78 is 20.1. The van der Waals surface area contributed by atoms with Gasteiger partial charge >= 0.3 is 5.63 Å². The number of aliphatic imine (C=N–C) groups is 1. The predicted octanol–water partition coefficient (Wildman–Crippen LogP) is 0.512. The summed E-state index contributed by atoms with van der Waals surface area (Å²) >= 11 is -0.258. The number of benzene rings is 1. The van der Waals surface area contributed by atoms with Gasteiger partial charge in [0.25, 0.3) is 5.91 Å². The molecule has 8 nitrogen and oxygen atoms in total. The lowest BCUT2D eigenvalue weighted by atomic mass is 10.1. The van der Waals surface area contributed by atoms with Gasteiger partial charge in [-0.15, -0.1) is 4.83 Å². The first-order valence-electron chi connectivity index (χ1n) is 6.46. The zero-order valence-corrected chi connectivity index (χ0v) is 13.0. The van der Waals surface area contributed by atoms with Crippen molar-refractivity contribution in [2.24, 2.45) is 9.39 Å². The molecular formula is C13H8N4O4S2. The van der Waals surface area contributed by atoms with Gasteiger partial charge in [-0.25, -0.2) is 14.0 Å². The van der Waals surface area contributed by atoms with Gasteiger partial charge in [-0.3, -0.25) is 10.2 Å². The second kappa shape index (κ2) is 5.41. The molecule has 2 aromatic rings. The molecular weight excluding hydrogens is 340 g/mol. The van der Waals surface area contributed by atoms with Gasteiger partial charge in [0.2, 0.25) is 11.2 Å². The Morgan fingerprint density at radius 2 is 2.04 bits per heavy atom. The van der Waals surface area contributed by atoms with E-state index < -0.39 is 22.7 Å². The van der Waals surface area contributed by atoms with Gasteiger partial charge in [0.15, 0.2) is 0 Å². The zero-order valence-electron chi connectivity index (χ0n) is 11.4. The molecule has 0 bridgehead atoms. The van der Waals surface area contributed by atoms with Crippen LogP contribution in [0.1, 0.15) is 15.9 Å². The minimum atomic E-state index is -1.49. The van der Waals surface area contributed by atoms with Crippen molar-refractivity contribution in [3.63, 3.8) is 0 Å². The number of fused-ring (bicyclic) bond motifs is 3. The van der Waals surface area contributed by atoms with Crippen LogP contribution in [0.3, 0.4) is 0 Å². The van der Waals surface area contributed by atoms with E-state index in [-0.39, 0.29) is 5.56 Å². The number of nitrogens with zero attached hydrogens (tertiary/aromatic N) is 2. The highest BCUT2D eigenvalue weighted by molar-refractivity contribution is 8.15. The van der Waals surface area contributed by atoms with Crippen molar-refractivity contribution in [2.75, 3.05) is 5.75 Å². The average Bonchev–Trinajstić information content (AvgIpc) is 3.09. The van der Waals surface area contributed by atoms with E-state index in [0.717, 1.165) is 0 Å². The molecule has 3 heterocycles. The van der Waals surface area contributed by atoms with Crippen molar-refractivity contribution >= 4 is 50.7 Å². The number of carbonyl (C=O) groups is 1. The number of hydrogen-bond acceptors (Lipinski definition) is 6. The minimum Gasteiger partial charge on any atom is -0.422 e. The molecule has 1 unspecified atom stereocenters. The molecule has 2 aliphatic rings. The Labute approximate surface area is 135 Å². The largest absolute Gasteiger partial charge is 0.422 e. The fourth-order valence-corrected chi connectivity index (χ4v) is 3.88. The third kappa shape index (κ3) is 2.40. The van der Waals surface area contributed by atoms with Crippen LogP contribution < -0.4 is 15.9 Å². The van der Waals surface area contributed by atoms with Crippen LogP contribution in [-0.2, 0) is 11.2 Å². The maximum absolute atomic E-state index is 12.0. The standard InChI is InChI=1S/C13H8N4O4S2/c18-11-10-9(6-3-1-2-4-7(6)21-13(10)19)12(14-11)22-5-8-15-17-23(20)16-8/h1-4,17H,5H2,(H,15,16). The monoisotopic (exact) mass is 348 g/mol. The minimum absolute atomic E-state index is 0.0470. The number of amides is 1. The first-order valence-corrected chi connectivity index (χ1v) is 8.56. The van der Waals surface area contributed by atoms with E-state index in [2.05, 4.69) is 19.6 Å². The third-order valence-corrected chi connectivity index (χ3v) is 4.91. The quantitative estimate of drug-likeness (QED) is 0.765. The van der Waals surface area contributed by atoms with E-state index in [1.807, 2.05) is 0 Å². The van der Waals surface area contributed by atoms with Crippen LogP contribution >= 0.6 is 11.8 Å². The van der Waals surface area contributed by atoms with Crippen molar-refractivity contribution in [1.82, 2.24) is 10.3 Å². The molecule has 2 N–H and O–H groups in total. The van der Waals surface area contributed by atoms with Crippen LogP contribution in [0.2, 0.25) is 0 Å². The molecule has 0 saturated carbocycles. The molecule has 0 fully saturated rings. The second-order valence-electron chi connectivity index (χ2n) is 4.66. The van der Waals surface area contributed by atoms with Crippen LogP contribution in [0.4, 0.5) is 0 Å². The highest BCUT2D eigenvalue weighted by Gasteiger charge is 2.31. The number of nitrogens with one attached hydrogen (secondary N) is 2. The van der Waals surface area contributed by atoms with Gasteiger partial charge in [-0.05, 0) is 6.07 Å². The number of hydrazine groups is 1. The van der Waals surface area contributed by atoms with E-state index in [1.54, 1.807) is 24.3 Å². The predicted molar refractivity (Wildman–Crippen MR) is 87.7 cm³/mol. The summed E-state index contributed by atoms with van der Waals surface area (Å²) in [5.41, 5.74) is 2.82.